The minimum Gasteiger partial charge on any atom is -0.505 e. The van der Waals surface area contributed by atoms with Crippen LogP contribution in [0.4, 0.5) is 5.13 Å². The lowest BCUT2D eigenvalue weighted by Gasteiger charge is -2.06. The summed E-state index contributed by atoms with van der Waals surface area (Å²) in [6.45, 7) is 0.826. The fourth-order valence-corrected chi connectivity index (χ4v) is 3.47. The van der Waals surface area contributed by atoms with Crippen LogP contribution in [0.1, 0.15) is 10.5 Å². The molecule has 142 valence electrons. The average Bonchev–Trinajstić information content (AvgIpc) is 3.25. The topological polar surface area (TPSA) is 104 Å². The molecule has 0 spiro atoms. The molecule has 10 heteroatoms. The van der Waals surface area contributed by atoms with Crippen LogP contribution >= 0.6 is 22.9 Å². The van der Waals surface area contributed by atoms with Crippen LogP contribution in [0.5, 0.6) is 5.75 Å². The van der Waals surface area contributed by atoms with Crippen molar-refractivity contribution in [3.8, 4) is 17.0 Å². The summed E-state index contributed by atoms with van der Waals surface area (Å²) < 4.78 is 1.71. The normalized spacial score (nSPS) is 10.9. The van der Waals surface area contributed by atoms with Crippen molar-refractivity contribution in [3.63, 3.8) is 0 Å². The summed E-state index contributed by atoms with van der Waals surface area (Å²) in [6.07, 6.45) is 3.31. The molecule has 3 aromatic heterocycles. The lowest BCUT2D eigenvalue weighted by atomic mass is 10.2. The Kier molecular flexibility index (Phi) is 5.09. The highest BCUT2D eigenvalue weighted by Gasteiger charge is 2.12. The Morgan fingerprint density at radius 1 is 1.21 bits per heavy atom. The fourth-order valence-electron chi connectivity index (χ4n) is 2.53. The van der Waals surface area contributed by atoms with Gasteiger partial charge in [0.05, 0.1) is 11.9 Å². The zero-order chi connectivity index (χ0) is 19.5. The number of anilines is 1. The molecule has 0 bridgehead atoms. The number of pyridine rings is 1. The first-order valence-corrected chi connectivity index (χ1v) is 9.58. The summed E-state index contributed by atoms with van der Waals surface area (Å²) in [7, 11) is 0. The Morgan fingerprint density at radius 3 is 2.79 bits per heavy atom. The van der Waals surface area contributed by atoms with Crippen molar-refractivity contribution in [2.24, 2.45) is 0 Å². The average molecular weight is 415 g/mol. The number of hydrogen-bond donors (Lipinski definition) is 3. The highest BCUT2D eigenvalue weighted by Crippen LogP contribution is 2.25. The van der Waals surface area contributed by atoms with E-state index < -0.39 is 5.91 Å². The number of amides is 1. The van der Waals surface area contributed by atoms with Gasteiger partial charge in [-0.1, -0.05) is 35.1 Å². The highest BCUT2D eigenvalue weighted by molar-refractivity contribution is 7.20. The van der Waals surface area contributed by atoms with E-state index in [2.05, 4.69) is 25.7 Å². The van der Waals surface area contributed by atoms with Crippen molar-refractivity contribution in [2.75, 3.05) is 18.4 Å². The molecule has 8 nitrogen and oxygen atoms in total. The molecule has 0 aliphatic heterocycles. The quantitative estimate of drug-likeness (QED) is 0.419. The molecule has 0 saturated heterocycles. The minimum absolute atomic E-state index is 0.00458. The smallest absolute Gasteiger partial charge is 0.273 e. The van der Waals surface area contributed by atoms with Crippen LogP contribution in [0.3, 0.4) is 0 Å². The summed E-state index contributed by atoms with van der Waals surface area (Å²) >= 11 is 7.33. The van der Waals surface area contributed by atoms with E-state index in [1.807, 2.05) is 30.5 Å². The highest BCUT2D eigenvalue weighted by atomic mass is 35.5. The molecule has 3 N–H and O–H groups in total. The van der Waals surface area contributed by atoms with Gasteiger partial charge in [0.15, 0.2) is 5.69 Å². The maximum atomic E-state index is 12.0. The second-order valence-electron chi connectivity index (χ2n) is 5.82. The van der Waals surface area contributed by atoms with Gasteiger partial charge in [-0.05, 0) is 24.3 Å². The van der Waals surface area contributed by atoms with Gasteiger partial charge in [-0.3, -0.25) is 4.79 Å². The minimum atomic E-state index is -0.429. The first kappa shape index (κ1) is 18.2. The Balaban J connectivity index is 1.33. The standard InChI is InChI=1S/C18H15ClN6O2S/c19-12-5-3-11(4-6-12)13-10-25-18(23-13)28-17(24-25)22-9-8-21-16(27)15-14(26)2-1-7-20-15/h1-7,10,26H,8-9H2,(H,21,27)(H,22,24). The number of aromatic hydroxyl groups is 1. The zero-order valence-corrected chi connectivity index (χ0v) is 16.0. The van der Waals surface area contributed by atoms with Crippen molar-refractivity contribution in [1.29, 1.82) is 0 Å². The van der Waals surface area contributed by atoms with Crippen molar-refractivity contribution >= 4 is 38.9 Å². The molecule has 1 amide bonds. The van der Waals surface area contributed by atoms with Gasteiger partial charge >= 0.3 is 0 Å². The predicted octanol–water partition coefficient (Wildman–Crippen LogP) is 3.05. The van der Waals surface area contributed by atoms with Crippen LogP contribution in [0, 0.1) is 0 Å². The zero-order valence-electron chi connectivity index (χ0n) is 14.5. The van der Waals surface area contributed by atoms with Gasteiger partial charge in [0.1, 0.15) is 5.75 Å². The number of hydrogen-bond acceptors (Lipinski definition) is 7. The number of fused-ring (bicyclic) bond motifs is 1. The number of nitrogens with zero attached hydrogens (tertiary/aromatic N) is 4. The predicted molar refractivity (Wildman–Crippen MR) is 108 cm³/mol. The van der Waals surface area contributed by atoms with Crippen LogP contribution in [0.25, 0.3) is 16.2 Å². The molecule has 4 rings (SSSR count). The third-order valence-electron chi connectivity index (χ3n) is 3.87. The fraction of sp³-hybridized carbons (Fsp3) is 0.111. The van der Waals surface area contributed by atoms with Gasteiger partial charge in [-0.2, -0.15) is 0 Å². The maximum Gasteiger partial charge on any atom is 0.273 e. The summed E-state index contributed by atoms with van der Waals surface area (Å²) in [4.78, 5) is 21.2. The third-order valence-corrected chi connectivity index (χ3v) is 5.00. The summed E-state index contributed by atoms with van der Waals surface area (Å²) in [5, 5.41) is 21.3. The maximum absolute atomic E-state index is 12.0. The van der Waals surface area contributed by atoms with Crippen molar-refractivity contribution in [1.82, 2.24) is 24.9 Å². The van der Waals surface area contributed by atoms with Gasteiger partial charge < -0.3 is 15.7 Å². The van der Waals surface area contributed by atoms with E-state index >= 15 is 0 Å². The Bertz CT molecular complexity index is 1090. The largest absolute Gasteiger partial charge is 0.505 e. The lowest BCUT2D eigenvalue weighted by molar-refractivity contribution is 0.0947. The molecule has 0 saturated carbocycles. The molecule has 28 heavy (non-hydrogen) atoms. The van der Waals surface area contributed by atoms with Crippen LogP contribution in [0.15, 0.2) is 48.8 Å². The van der Waals surface area contributed by atoms with E-state index in [9.17, 15) is 9.90 Å². The monoisotopic (exact) mass is 414 g/mol. The number of carbonyl (C=O) groups is 1. The number of benzene rings is 1. The molecule has 0 aliphatic rings. The summed E-state index contributed by atoms with van der Waals surface area (Å²) in [6, 6.07) is 10.5. The second kappa shape index (κ2) is 7.83. The van der Waals surface area contributed by atoms with E-state index in [0.29, 0.717) is 23.2 Å². The number of aromatic nitrogens is 4. The summed E-state index contributed by atoms with van der Waals surface area (Å²) in [5.74, 6) is -0.577. The Morgan fingerprint density at radius 2 is 2.04 bits per heavy atom. The summed E-state index contributed by atoms with van der Waals surface area (Å²) in [5.41, 5.74) is 1.80. The first-order chi connectivity index (χ1) is 13.6. The van der Waals surface area contributed by atoms with Crippen molar-refractivity contribution in [2.45, 2.75) is 0 Å². The van der Waals surface area contributed by atoms with Crippen LogP contribution < -0.4 is 10.6 Å². The van der Waals surface area contributed by atoms with Crippen molar-refractivity contribution in [3.05, 3.63) is 59.5 Å². The van der Waals surface area contributed by atoms with Gasteiger partial charge in [0.25, 0.3) is 5.91 Å². The number of nitrogens with one attached hydrogen (secondary N) is 2. The van der Waals surface area contributed by atoms with Crippen LogP contribution in [-0.4, -0.2) is 43.7 Å². The van der Waals surface area contributed by atoms with Gasteiger partial charge in [0, 0.05) is 29.9 Å². The molecule has 0 unspecified atom stereocenters. The number of imidazole rings is 1. The third kappa shape index (κ3) is 3.90. The van der Waals surface area contributed by atoms with E-state index in [1.165, 1.54) is 23.6 Å². The van der Waals surface area contributed by atoms with E-state index in [0.717, 1.165) is 16.2 Å². The van der Waals surface area contributed by atoms with E-state index in [-0.39, 0.29) is 11.4 Å². The van der Waals surface area contributed by atoms with Crippen molar-refractivity contribution < 1.29 is 9.90 Å². The van der Waals surface area contributed by atoms with Gasteiger partial charge in [-0.15, -0.1) is 5.10 Å². The lowest BCUT2D eigenvalue weighted by Crippen LogP contribution is -2.29. The molecule has 4 aromatic rings. The first-order valence-electron chi connectivity index (χ1n) is 8.38. The SMILES string of the molecule is O=C(NCCNc1nn2cc(-c3ccc(Cl)cc3)nc2s1)c1ncccc1O. The Hall–Kier alpha value is -3.17. The molecule has 1 aromatic carbocycles. The van der Waals surface area contributed by atoms with Gasteiger partial charge in [-0.25, -0.2) is 14.5 Å². The number of halogens is 1. The number of carbonyl (C=O) groups excluding carboxylic acids is 1. The van der Waals surface area contributed by atoms with E-state index in [4.69, 9.17) is 11.6 Å². The molecular formula is C18H15ClN6O2S. The molecule has 0 aliphatic carbocycles. The molecule has 0 radical (unpaired) electrons. The van der Waals surface area contributed by atoms with Crippen LogP contribution in [-0.2, 0) is 0 Å². The Labute approximate surface area is 168 Å². The molecular weight excluding hydrogens is 400 g/mol. The second-order valence-corrected chi connectivity index (χ2v) is 7.21. The molecule has 3 heterocycles. The van der Waals surface area contributed by atoms with Crippen LogP contribution in [0.2, 0.25) is 5.02 Å². The van der Waals surface area contributed by atoms with Gasteiger partial charge in [0.2, 0.25) is 10.1 Å². The number of rotatable bonds is 6. The van der Waals surface area contributed by atoms with E-state index in [1.54, 1.807) is 10.6 Å². The molecule has 0 fully saturated rings. The molecule has 0 atom stereocenters.